The zero-order chi connectivity index (χ0) is 16.9. The Hall–Kier alpha value is -2.53. The Morgan fingerprint density at radius 3 is 2.42 bits per heavy atom. The Morgan fingerprint density at radius 2 is 1.75 bits per heavy atom. The van der Waals surface area contributed by atoms with E-state index in [1.54, 1.807) is 36.3 Å². The fourth-order valence-electron chi connectivity index (χ4n) is 2.95. The van der Waals surface area contributed by atoms with Crippen molar-refractivity contribution >= 4 is 11.6 Å². The average Bonchev–Trinajstić information content (AvgIpc) is 2.67. The quantitative estimate of drug-likeness (QED) is 0.935. The van der Waals surface area contributed by atoms with Crippen molar-refractivity contribution in [1.29, 1.82) is 0 Å². The average molecular weight is 326 g/mol. The molecule has 1 amide bonds. The van der Waals surface area contributed by atoms with Gasteiger partial charge in [0.1, 0.15) is 5.75 Å². The van der Waals surface area contributed by atoms with Crippen LogP contribution >= 0.6 is 0 Å². The van der Waals surface area contributed by atoms with Crippen LogP contribution in [0.3, 0.4) is 0 Å². The number of carbonyl (C=O) groups is 1. The summed E-state index contributed by atoms with van der Waals surface area (Å²) in [6.45, 7) is 2.74. The maximum absolute atomic E-state index is 12.6. The molecule has 1 fully saturated rings. The lowest BCUT2D eigenvalue weighted by Gasteiger charge is -2.37. The first kappa shape index (κ1) is 16.3. The summed E-state index contributed by atoms with van der Waals surface area (Å²) in [4.78, 5) is 16.5. The smallest absolute Gasteiger partial charge is 0.256 e. The minimum atomic E-state index is -1.15. The standard InChI is InChI=1S/C19H22N2O3/c1-24-17-9-5-6-15(14-17)18(22)19(23)21-12-10-20(11-13-21)16-7-3-2-4-8-16/h2-9,14,18,22H,10-13H2,1H3. The second-order valence-corrected chi connectivity index (χ2v) is 5.83. The van der Waals surface area contributed by atoms with E-state index in [2.05, 4.69) is 17.0 Å². The van der Waals surface area contributed by atoms with E-state index in [-0.39, 0.29) is 5.91 Å². The number of carbonyl (C=O) groups excluding carboxylic acids is 1. The lowest BCUT2D eigenvalue weighted by atomic mass is 10.1. The maximum atomic E-state index is 12.6. The van der Waals surface area contributed by atoms with Crippen molar-refractivity contribution < 1.29 is 14.6 Å². The van der Waals surface area contributed by atoms with Crippen molar-refractivity contribution in [2.75, 3.05) is 38.2 Å². The number of nitrogens with zero attached hydrogens (tertiary/aromatic N) is 2. The lowest BCUT2D eigenvalue weighted by Crippen LogP contribution is -2.50. The van der Waals surface area contributed by atoms with Crippen LogP contribution in [-0.2, 0) is 4.79 Å². The molecule has 1 aliphatic rings. The fourth-order valence-corrected chi connectivity index (χ4v) is 2.95. The third-order valence-corrected chi connectivity index (χ3v) is 4.36. The zero-order valence-corrected chi connectivity index (χ0v) is 13.8. The van der Waals surface area contributed by atoms with Crippen LogP contribution in [0.2, 0.25) is 0 Å². The Bertz CT molecular complexity index is 682. The van der Waals surface area contributed by atoms with Gasteiger partial charge in [-0.05, 0) is 29.8 Å². The van der Waals surface area contributed by atoms with Gasteiger partial charge in [0.25, 0.3) is 5.91 Å². The number of aliphatic hydroxyl groups excluding tert-OH is 1. The summed E-state index contributed by atoms with van der Waals surface area (Å²) in [6, 6.07) is 17.2. The number of anilines is 1. The normalized spacial score (nSPS) is 15.9. The molecule has 1 atom stereocenters. The minimum absolute atomic E-state index is 0.254. The molecule has 0 aliphatic carbocycles. The first-order valence-corrected chi connectivity index (χ1v) is 8.10. The molecule has 2 aromatic carbocycles. The number of hydrogen-bond acceptors (Lipinski definition) is 4. The van der Waals surface area contributed by atoms with Crippen LogP contribution in [0.25, 0.3) is 0 Å². The van der Waals surface area contributed by atoms with E-state index in [0.29, 0.717) is 24.4 Å². The van der Waals surface area contributed by atoms with E-state index in [0.717, 1.165) is 18.8 Å². The van der Waals surface area contributed by atoms with E-state index < -0.39 is 6.10 Å². The molecule has 3 rings (SSSR count). The van der Waals surface area contributed by atoms with Crippen molar-refractivity contribution in [2.24, 2.45) is 0 Å². The number of para-hydroxylation sites is 1. The molecule has 5 nitrogen and oxygen atoms in total. The molecule has 24 heavy (non-hydrogen) atoms. The molecular formula is C19H22N2O3. The third-order valence-electron chi connectivity index (χ3n) is 4.36. The second kappa shape index (κ2) is 7.36. The summed E-state index contributed by atoms with van der Waals surface area (Å²) in [5, 5.41) is 10.4. The van der Waals surface area contributed by atoms with Gasteiger partial charge in [-0.3, -0.25) is 4.79 Å². The number of rotatable bonds is 4. The first-order valence-electron chi connectivity index (χ1n) is 8.10. The van der Waals surface area contributed by atoms with Crippen molar-refractivity contribution in [2.45, 2.75) is 6.10 Å². The summed E-state index contributed by atoms with van der Waals surface area (Å²) in [7, 11) is 1.57. The van der Waals surface area contributed by atoms with E-state index in [4.69, 9.17) is 4.74 Å². The number of methoxy groups -OCH3 is 1. The van der Waals surface area contributed by atoms with E-state index in [1.807, 2.05) is 18.2 Å². The highest BCUT2D eigenvalue weighted by Gasteiger charge is 2.27. The first-order chi connectivity index (χ1) is 11.7. The fraction of sp³-hybridized carbons (Fsp3) is 0.316. The highest BCUT2D eigenvalue weighted by molar-refractivity contribution is 5.82. The lowest BCUT2D eigenvalue weighted by molar-refractivity contribution is -0.140. The van der Waals surface area contributed by atoms with Crippen molar-refractivity contribution in [1.82, 2.24) is 4.90 Å². The predicted molar refractivity (Wildman–Crippen MR) is 93.2 cm³/mol. The topological polar surface area (TPSA) is 53.0 Å². The van der Waals surface area contributed by atoms with E-state index in [1.165, 1.54) is 0 Å². The van der Waals surface area contributed by atoms with Crippen LogP contribution in [0, 0.1) is 0 Å². The molecule has 1 saturated heterocycles. The van der Waals surface area contributed by atoms with Gasteiger partial charge in [-0.2, -0.15) is 0 Å². The number of piperazine rings is 1. The van der Waals surface area contributed by atoms with Gasteiger partial charge >= 0.3 is 0 Å². The van der Waals surface area contributed by atoms with E-state index in [9.17, 15) is 9.90 Å². The number of amides is 1. The molecule has 0 bridgehead atoms. The summed E-state index contributed by atoms with van der Waals surface area (Å²) < 4.78 is 5.15. The van der Waals surface area contributed by atoms with Gasteiger partial charge in [0.15, 0.2) is 6.10 Å². The Morgan fingerprint density at radius 1 is 1.04 bits per heavy atom. The maximum Gasteiger partial charge on any atom is 0.256 e. The summed E-state index contributed by atoms with van der Waals surface area (Å²) >= 11 is 0. The molecule has 1 N–H and O–H groups in total. The SMILES string of the molecule is COc1cccc(C(O)C(=O)N2CCN(c3ccccc3)CC2)c1. The van der Waals surface area contributed by atoms with E-state index >= 15 is 0 Å². The van der Waals surface area contributed by atoms with Crippen LogP contribution in [0.15, 0.2) is 54.6 Å². The predicted octanol–water partition coefficient (Wildman–Crippen LogP) is 2.08. The van der Waals surface area contributed by atoms with Crippen molar-refractivity contribution in [3.05, 3.63) is 60.2 Å². The number of benzene rings is 2. The summed E-state index contributed by atoms with van der Waals surface area (Å²) in [5.41, 5.74) is 1.72. The largest absolute Gasteiger partial charge is 0.497 e. The molecule has 1 heterocycles. The monoisotopic (exact) mass is 326 g/mol. The molecule has 1 unspecified atom stereocenters. The van der Waals surface area contributed by atoms with Crippen LogP contribution in [0.5, 0.6) is 5.75 Å². The Kier molecular flexibility index (Phi) is 5.01. The van der Waals surface area contributed by atoms with Crippen molar-refractivity contribution in [3.63, 3.8) is 0 Å². The van der Waals surface area contributed by atoms with Crippen LogP contribution in [0.1, 0.15) is 11.7 Å². The van der Waals surface area contributed by atoms with Crippen LogP contribution < -0.4 is 9.64 Å². The van der Waals surface area contributed by atoms with Gasteiger partial charge < -0.3 is 19.6 Å². The van der Waals surface area contributed by atoms with Gasteiger partial charge in [-0.15, -0.1) is 0 Å². The van der Waals surface area contributed by atoms with Gasteiger partial charge in [0.2, 0.25) is 0 Å². The minimum Gasteiger partial charge on any atom is -0.497 e. The third kappa shape index (κ3) is 3.51. The van der Waals surface area contributed by atoms with Crippen LogP contribution in [0.4, 0.5) is 5.69 Å². The zero-order valence-electron chi connectivity index (χ0n) is 13.8. The molecule has 0 radical (unpaired) electrons. The molecule has 0 saturated carbocycles. The molecule has 126 valence electrons. The van der Waals surface area contributed by atoms with Crippen molar-refractivity contribution in [3.8, 4) is 5.75 Å². The second-order valence-electron chi connectivity index (χ2n) is 5.83. The Labute approximate surface area is 142 Å². The molecule has 5 heteroatoms. The van der Waals surface area contributed by atoms with Gasteiger partial charge in [-0.1, -0.05) is 30.3 Å². The number of ether oxygens (including phenoxy) is 1. The molecule has 0 aromatic heterocycles. The molecule has 1 aliphatic heterocycles. The number of aliphatic hydroxyl groups is 1. The van der Waals surface area contributed by atoms with Gasteiger partial charge in [-0.25, -0.2) is 0 Å². The van der Waals surface area contributed by atoms with Crippen LogP contribution in [-0.4, -0.2) is 49.2 Å². The molecular weight excluding hydrogens is 304 g/mol. The highest BCUT2D eigenvalue weighted by Crippen LogP contribution is 2.22. The highest BCUT2D eigenvalue weighted by atomic mass is 16.5. The number of hydrogen-bond donors (Lipinski definition) is 1. The van der Waals surface area contributed by atoms with Gasteiger partial charge in [0, 0.05) is 31.9 Å². The molecule has 2 aromatic rings. The van der Waals surface area contributed by atoms with Gasteiger partial charge in [0.05, 0.1) is 7.11 Å². The summed E-state index contributed by atoms with van der Waals surface area (Å²) in [5.74, 6) is 0.379. The Balaban J connectivity index is 1.62. The molecule has 0 spiro atoms. The summed E-state index contributed by atoms with van der Waals surface area (Å²) in [6.07, 6.45) is -1.15.